The maximum absolute atomic E-state index is 4.27. The van der Waals surface area contributed by atoms with E-state index in [0.717, 1.165) is 14.8 Å². The lowest BCUT2D eigenvalue weighted by Gasteiger charge is -2.12. The first-order valence-electron chi connectivity index (χ1n) is 3.32. The molecule has 12 heavy (non-hydrogen) atoms. The molecular weight excluding hydrogens is 306 g/mol. The minimum absolute atomic E-state index is 0.209. The molecule has 0 fully saturated rings. The molecule has 0 saturated heterocycles. The zero-order chi connectivity index (χ0) is 8.72. The Morgan fingerprint density at radius 3 is 3.17 bits per heavy atom. The van der Waals surface area contributed by atoms with Gasteiger partial charge in [-0.05, 0) is 15.9 Å². The second-order valence-electron chi connectivity index (χ2n) is 2.53. The highest BCUT2D eigenvalue weighted by Crippen LogP contribution is 2.26. The highest BCUT2D eigenvalue weighted by Gasteiger charge is 2.35. The van der Waals surface area contributed by atoms with E-state index in [1.807, 2.05) is 17.8 Å². The Morgan fingerprint density at radius 1 is 1.67 bits per heavy atom. The molecule has 0 amide bonds. The SMILES string of the molecule is C[N+]1=C(Br)C2=NSNC2C(Br)=C1. The molecule has 2 aliphatic heterocycles. The Hall–Kier alpha value is 0.350. The van der Waals surface area contributed by atoms with Crippen molar-refractivity contribution in [2.24, 2.45) is 4.40 Å². The molecule has 0 bridgehead atoms. The standard InChI is InChI=1S/C6H6Br2N3S/c1-11-2-3(7)4-5(6(11)8)10-12-9-4/h2,4,9H,1H3/q+1. The third kappa shape index (κ3) is 1.30. The zero-order valence-electron chi connectivity index (χ0n) is 6.21. The molecule has 3 nitrogen and oxygen atoms in total. The Morgan fingerprint density at radius 2 is 2.42 bits per heavy atom. The van der Waals surface area contributed by atoms with Gasteiger partial charge >= 0.3 is 0 Å². The second-order valence-corrected chi connectivity index (χ2v) is 4.80. The quantitative estimate of drug-likeness (QED) is 0.544. The predicted molar refractivity (Wildman–Crippen MR) is 59.1 cm³/mol. The summed E-state index contributed by atoms with van der Waals surface area (Å²) in [6, 6.07) is 0.209. The summed E-state index contributed by atoms with van der Waals surface area (Å²) in [6.07, 6.45) is 2.02. The van der Waals surface area contributed by atoms with E-state index >= 15 is 0 Å². The Balaban J connectivity index is 2.49. The minimum Gasteiger partial charge on any atom is -0.230 e. The Bertz CT molecular complexity index is 321. The molecule has 0 aromatic rings. The average molecular weight is 312 g/mol. The molecule has 0 saturated carbocycles. The molecule has 0 aliphatic carbocycles. The van der Waals surface area contributed by atoms with E-state index in [4.69, 9.17) is 0 Å². The van der Waals surface area contributed by atoms with Crippen molar-refractivity contribution in [3.63, 3.8) is 0 Å². The van der Waals surface area contributed by atoms with E-state index in [1.165, 1.54) is 12.1 Å². The molecule has 2 aliphatic rings. The first kappa shape index (κ1) is 8.93. The van der Waals surface area contributed by atoms with Crippen LogP contribution in [0.15, 0.2) is 15.1 Å². The van der Waals surface area contributed by atoms with Gasteiger partial charge in [-0.25, -0.2) is 4.72 Å². The van der Waals surface area contributed by atoms with Crippen molar-refractivity contribution >= 4 is 54.3 Å². The van der Waals surface area contributed by atoms with Gasteiger partial charge in [0.05, 0.1) is 16.6 Å². The van der Waals surface area contributed by atoms with Gasteiger partial charge in [-0.15, -0.1) is 0 Å². The normalized spacial score (nSPS) is 28.4. The highest BCUT2D eigenvalue weighted by atomic mass is 79.9. The first-order chi connectivity index (χ1) is 5.70. The summed E-state index contributed by atoms with van der Waals surface area (Å²) >= 11 is 8.35. The van der Waals surface area contributed by atoms with Crippen molar-refractivity contribution in [3.8, 4) is 0 Å². The number of fused-ring (bicyclic) bond motifs is 1. The summed E-state index contributed by atoms with van der Waals surface area (Å²) in [7, 11) is 1.98. The molecule has 0 aromatic heterocycles. The lowest BCUT2D eigenvalue weighted by Crippen LogP contribution is -2.37. The van der Waals surface area contributed by atoms with Crippen molar-refractivity contribution in [1.29, 1.82) is 0 Å². The molecule has 6 heteroatoms. The fraction of sp³-hybridized carbons (Fsp3) is 0.333. The summed E-state index contributed by atoms with van der Waals surface area (Å²) in [6.45, 7) is 0. The molecular formula is C6H6Br2N3S+. The van der Waals surface area contributed by atoms with Crippen LogP contribution in [-0.4, -0.2) is 28.0 Å². The first-order valence-corrected chi connectivity index (χ1v) is 5.68. The highest BCUT2D eigenvalue weighted by molar-refractivity contribution is 9.19. The van der Waals surface area contributed by atoms with E-state index in [-0.39, 0.29) is 6.04 Å². The van der Waals surface area contributed by atoms with Gasteiger partial charge in [-0.2, -0.15) is 8.97 Å². The Labute approximate surface area is 91.5 Å². The monoisotopic (exact) mass is 310 g/mol. The lowest BCUT2D eigenvalue weighted by molar-refractivity contribution is -0.418. The molecule has 2 rings (SSSR count). The molecule has 0 radical (unpaired) electrons. The van der Waals surface area contributed by atoms with Crippen molar-refractivity contribution in [1.82, 2.24) is 4.72 Å². The van der Waals surface area contributed by atoms with Crippen LogP contribution in [0.3, 0.4) is 0 Å². The van der Waals surface area contributed by atoms with Gasteiger partial charge in [-0.3, -0.25) is 0 Å². The number of hydrogen-bond acceptors (Lipinski definition) is 3. The van der Waals surface area contributed by atoms with Crippen LogP contribution in [0.2, 0.25) is 0 Å². The van der Waals surface area contributed by atoms with Crippen LogP contribution in [0.25, 0.3) is 0 Å². The van der Waals surface area contributed by atoms with Crippen molar-refractivity contribution in [2.75, 3.05) is 7.05 Å². The number of nitrogens with one attached hydrogen (secondary N) is 1. The summed E-state index contributed by atoms with van der Waals surface area (Å²) in [4.78, 5) is 0. The second kappa shape index (κ2) is 3.25. The Kier molecular flexibility index (Phi) is 2.42. The number of hydrogen-bond donors (Lipinski definition) is 1. The summed E-state index contributed by atoms with van der Waals surface area (Å²) < 4.78 is 11.6. The van der Waals surface area contributed by atoms with Crippen LogP contribution < -0.4 is 4.72 Å². The number of rotatable bonds is 0. The van der Waals surface area contributed by atoms with E-state index in [9.17, 15) is 0 Å². The average Bonchev–Trinajstić information content (AvgIpc) is 2.48. The van der Waals surface area contributed by atoms with Crippen LogP contribution in [0.4, 0.5) is 0 Å². The molecule has 1 unspecified atom stereocenters. The van der Waals surface area contributed by atoms with E-state index in [2.05, 4.69) is 41.0 Å². The van der Waals surface area contributed by atoms with E-state index in [1.54, 1.807) is 0 Å². The topological polar surface area (TPSA) is 27.4 Å². The maximum atomic E-state index is 4.27. The van der Waals surface area contributed by atoms with Crippen molar-refractivity contribution in [2.45, 2.75) is 6.04 Å². The molecule has 1 atom stereocenters. The van der Waals surface area contributed by atoms with Crippen LogP contribution in [0.1, 0.15) is 0 Å². The number of nitrogens with zero attached hydrogens (tertiary/aromatic N) is 2. The summed E-state index contributed by atoms with van der Waals surface area (Å²) in [5, 5.41) is 0. The van der Waals surface area contributed by atoms with Crippen molar-refractivity contribution < 1.29 is 4.58 Å². The largest absolute Gasteiger partial charge is 0.272 e. The molecule has 0 spiro atoms. The maximum Gasteiger partial charge on any atom is 0.272 e. The van der Waals surface area contributed by atoms with E-state index < -0.39 is 0 Å². The van der Waals surface area contributed by atoms with Crippen LogP contribution >= 0.6 is 44.0 Å². The van der Waals surface area contributed by atoms with E-state index in [0.29, 0.717) is 0 Å². The number of halogens is 2. The van der Waals surface area contributed by atoms with Crippen molar-refractivity contribution in [3.05, 3.63) is 10.7 Å². The fourth-order valence-electron chi connectivity index (χ4n) is 1.08. The molecule has 1 N–H and O–H groups in total. The van der Waals surface area contributed by atoms with Gasteiger partial charge in [0.1, 0.15) is 13.1 Å². The molecule has 2 heterocycles. The summed E-state index contributed by atoms with van der Waals surface area (Å²) in [5.74, 6) is 0. The zero-order valence-corrected chi connectivity index (χ0v) is 10.2. The van der Waals surface area contributed by atoms with Gasteiger partial charge in [0.2, 0.25) is 0 Å². The van der Waals surface area contributed by atoms with Gasteiger partial charge in [0.15, 0.2) is 11.9 Å². The lowest BCUT2D eigenvalue weighted by atomic mass is 10.1. The van der Waals surface area contributed by atoms with Crippen LogP contribution in [0, 0.1) is 0 Å². The third-order valence-corrected chi connectivity index (χ3v) is 3.96. The van der Waals surface area contributed by atoms with Gasteiger partial charge in [-0.1, -0.05) is 0 Å². The van der Waals surface area contributed by atoms with Gasteiger partial charge < -0.3 is 0 Å². The van der Waals surface area contributed by atoms with Crippen LogP contribution in [0.5, 0.6) is 0 Å². The fourth-order valence-corrected chi connectivity index (χ4v) is 3.09. The van der Waals surface area contributed by atoms with Gasteiger partial charge in [0, 0.05) is 15.9 Å². The smallest absolute Gasteiger partial charge is 0.230 e. The molecule has 0 aromatic carbocycles. The van der Waals surface area contributed by atoms with Gasteiger partial charge in [0.25, 0.3) is 4.62 Å². The van der Waals surface area contributed by atoms with Crippen LogP contribution in [-0.2, 0) is 0 Å². The molecule has 64 valence electrons. The third-order valence-electron chi connectivity index (χ3n) is 1.70. The summed E-state index contributed by atoms with van der Waals surface area (Å²) in [5.41, 5.74) is 1.04. The minimum atomic E-state index is 0.209. The predicted octanol–water partition coefficient (Wildman–Crippen LogP) is 1.65.